The lowest BCUT2D eigenvalue weighted by Crippen LogP contribution is -2.45. The van der Waals surface area contributed by atoms with Crippen molar-refractivity contribution in [2.45, 2.75) is 18.9 Å². The fraction of sp³-hybridized carbons (Fsp3) is 0.429. The highest BCUT2D eigenvalue weighted by molar-refractivity contribution is 6.43. The number of hydrogen-bond acceptors (Lipinski definition) is 4. The Balaban J connectivity index is 1.80. The molecular weight excluding hydrogens is 315 g/mol. The van der Waals surface area contributed by atoms with Gasteiger partial charge in [0.25, 0.3) is 11.8 Å². The van der Waals surface area contributed by atoms with E-state index >= 15 is 0 Å². The van der Waals surface area contributed by atoms with Gasteiger partial charge in [-0.25, -0.2) is 0 Å². The molecule has 0 saturated carbocycles. The van der Waals surface area contributed by atoms with Crippen LogP contribution in [0.3, 0.4) is 0 Å². The number of halogens is 2. The number of imide groups is 1. The maximum Gasteiger partial charge on any atom is 0.262 e. The minimum atomic E-state index is -0.348. The van der Waals surface area contributed by atoms with Crippen molar-refractivity contribution < 1.29 is 14.7 Å². The first kappa shape index (κ1) is 14.8. The number of amides is 2. The van der Waals surface area contributed by atoms with E-state index in [1.54, 1.807) is 0 Å². The normalized spacial score (nSPS) is 20.2. The van der Waals surface area contributed by atoms with Crippen LogP contribution in [-0.2, 0) is 0 Å². The molecule has 0 aliphatic carbocycles. The maximum atomic E-state index is 12.3. The summed E-state index contributed by atoms with van der Waals surface area (Å²) in [7, 11) is 0. The number of aliphatic hydroxyl groups excluding tert-OH is 1. The number of carbonyl (C=O) groups excluding carboxylic acids is 2. The molecule has 1 N–H and O–H groups in total. The molecule has 1 saturated heterocycles. The molecule has 2 amide bonds. The third kappa shape index (κ3) is 2.66. The van der Waals surface area contributed by atoms with Gasteiger partial charge in [-0.1, -0.05) is 23.2 Å². The Morgan fingerprint density at radius 1 is 1.05 bits per heavy atom. The summed E-state index contributed by atoms with van der Waals surface area (Å²) in [6, 6.07) is 2.89. The van der Waals surface area contributed by atoms with Gasteiger partial charge in [-0.3, -0.25) is 19.4 Å². The number of carbonyl (C=O) groups is 2. The largest absolute Gasteiger partial charge is 0.393 e. The topological polar surface area (TPSA) is 60.9 Å². The number of benzene rings is 1. The molecule has 2 aliphatic rings. The van der Waals surface area contributed by atoms with Crippen LogP contribution in [-0.4, -0.2) is 52.6 Å². The van der Waals surface area contributed by atoms with E-state index in [2.05, 4.69) is 0 Å². The first-order valence-electron chi connectivity index (χ1n) is 6.73. The van der Waals surface area contributed by atoms with Gasteiger partial charge in [0.1, 0.15) is 0 Å². The maximum absolute atomic E-state index is 12.3. The summed E-state index contributed by atoms with van der Waals surface area (Å²) < 4.78 is 0. The summed E-state index contributed by atoms with van der Waals surface area (Å²) in [4.78, 5) is 27.9. The number of rotatable bonds is 2. The van der Waals surface area contributed by atoms with Crippen molar-refractivity contribution in [1.29, 1.82) is 0 Å². The van der Waals surface area contributed by atoms with E-state index in [1.165, 1.54) is 17.0 Å². The van der Waals surface area contributed by atoms with Crippen molar-refractivity contribution >= 4 is 35.0 Å². The number of fused-ring (bicyclic) bond motifs is 1. The Morgan fingerprint density at radius 2 is 1.52 bits per heavy atom. The molecule has 112 valence electrons. The fourth-order valence-corrected chi connectivity index (χ4v) is 3.00. The summed E-state index contributed by atoms with van der Waals surface area (Å²) in [6.45, 7) is 1.56. The van der Waals surface area contributed by atoms with E-state index < -0.39 is 0 Å². The zero-order valence-electron chi connectivity index (χ0n) is 11.2. The Kier molecular flexibility index (Phi) is 3.92. The summed E-state index contributed by atoms with van der Waals surface area (Å²) >= 11 is 11.8. The van der Waals surface area contributed by atoms with Gasteiger partial charge in [-0.05, 0) is 25.0 Å². The average Bonchev–Trinajstić information content (AvgIpc) is 2.67. The van der Waals surface area contributed by atoms with Crippen molar-refractivity contribution in [2.75, 3.05) is 19.8 Å². The highest BCUT2D eigenvalue weighted by Gasteiger charge is 2.37. The van der Waals surface area contributed by atoms with Gasteiger partial charge in [-0.2, -0.15) is 0 Å². The molecule has 2 aliphatic heterocycles. The third-order valence-corrected chi connectivity index (χ3v) is 4.63. The summed E-state index contributed by atoms with van der Waals surface area (Å²) in [5.74, 6) is -0.695. The minimum absolute atomic E-state index is 0.230. The minimum Gasteiger partial charge on any atom is -0.393 e. The molecule has 3 rings (SSSR count). The molecule has 1 aromatic rings. The standard InChI is InChI=1S/C14H14Cl2N2O3/c15-11-5-9-10(6-12(11)16)14(21)18(13(9)20)7-17-3-1-8(19)2-4-17/h5-6,8,19H,1-4,7H2. The lowest BCUT2D eigenvalue weighted by atomic mass is 10.1. The van der Waals surface area contributed by atoms with Crippen LogP contribution in [0.4, 0.5) is 0 Å². The zero-order chi connectivity index (χ0) is 15.1. The first-order valence-corrected chi connectivity index (χ1v) is 7.48. The second-order valence-corrected chi connectivity index (χ2v) is 6.16. The van der Waals surface area contributed by atoms with E-state index in [9.17, 15) is 14.7 Å². The zero-order valence-corrected chi connectivity index (χ0v) is 12.7. The molecule has 0 unspecified atom stereocenters. The van der Waals surface area contributed by atoms with E-state index in [-0.39, 0.29) is 34.6 Å². The third-order valence-electron chi connectivity index (χ3n) is 3.91. The molecule has 1 aromatic carbocycles. The van der Waals surface area contributed by atoms with E-state index in [0.29, 0.717) is 37.1 Å². The van der Waals surface area contributed by atoms with Crippen molar-refractivity contribution in [2.24, 2.45) is 0 Å². The van der Waals surface area contributed by atoms with Crippen molar-refractivity contribution in [3.05, 3.63) is 33.3 Å². The SMILES string of the molecule is O=C1c2cc(Cl)c(Cl)cc2C(=O)N1CN1CCC(O)CC1. The van der Waals surface area contributed by atoms with E-state index in [4.69, 9.17) is 23.2 Å². The lowest BCUT2D eigenvalue weighted by molar-refractivity contribution is 0.0385. The molecule has 7 heteroatoms. The molecule has 0 atom stereocenters. The van der Waals surface area contributed by atoms with Crippen LogP contribution in [0.15, 0.2) is 12.1 Å². The smallest absolute Gasteiger partial charge is 0.262 e. The van der Waals surface area contributed by atoms with Gasteiger partial charge < -0.3 is 5.11 Å². The molecule has 0 radical (unpaired) electrons. The van der Waals surface area contributed by atoms with Gasteiger partial charge in [0.15, 0.2) is 0 Å². The molecule has 1 fully saturated rings. The fourth-order valence-electron chi connectivity index (χ4n) is 2.67. The van der Waals surface area contributed by atoms with Crippen LogP contribution in [0.1, 0.15) is 33.6 Å². The van der Waals surface area contributed by atoms with E-state index in [1.807, 2.05) is 4.90 Å². The highest BCUT2D eigenvalue weighted by Crippen LogP contribution is 2.31. The van der Waals surface area contributed by atoms with Crippen LogP contribution >= 0.6 is 23.2 Å². The molecule has 0 aromatic heterocycles. The second kappa shape index (κ2) is 5.57. The van der Waals surface area contributed by atoms with E-state index in [0.717, 1.165) is 0 Å². The molecule has 5 nitrogen and oxygen atoms in total. The summed E-state index contributed by atoms with van der Waals surface area (Å²) in [5, 5.41) is 10.0. The van der Waals surface area contributed by atoms with Crippen molar-refractivity contribution in [3.8, 4) is 0 Å². The number of nitrogens with zero attached hydrogens (tertiary/aromatic N) is 2. The molecule has 2 heterocycles. The summed E-state index contributed by atoms with van der Waals surface area (Å²) in [6.07, 6.45) is 1.02. The number of hydrogen-bond donors (Lipinski definition) is 1. The number of likely N-dealkylation sites (tertiary alicyclic amines) is 1. The van der Waals surface area contributed by atoms with Crippen LogP contribution in [0, 0.1) is 0 Å². The van der Waals surface area contributed by atoms with Crippen LogP contribution in [0.25, 0.3) is 0 Å². The Morgan fingerprint density at radius 3 is 2.00 bits per heavy atom. The second-order valence-electron chi connectivity index (χ2n) is 5.34. The average molecular weight is 329 g/mol. The van der Waals surface area contributed by atoms with Crippen molar-refractivity contribution in [1.82, 2.24) is 9.80 Å². The predicted octanol–water partition coefficient (Wildman–Crippen LogP) is 2.00. The first-order chi connectivity index (χ1) is 9.97. The number of piperidine rings is 1. The monoisotopic (exact) mass is 328 g/mol. The van der Waals surface area contributed by atoms with Crippen LogP contribution < -0.4 is 0 Å². The van der Waals surface area contributed by atoms with Gasteiger partial charge in [0.2, 0.25) is 0 Å². The number of aliphatic hydroxyl groups is 1. The van der Waals surface area contributed by atoms with Gasteiger partial charge >= 0.3 is 0 Å². The van der Waals surface area contributed by atoms with Gasteiger partial charge in [-0.15, -0.1) is 0 Å². The molecule has 0 bridgehead atoms. The Hall–Kier alpha value is -1.14. The molecular formula is C14H14Cl2N2O3. The highest BCUT2D eigenvalue weighted by atomic mass is 35.5. The van der Waals surface area contributed by atoms with Crippen LogP contribution in [0.2, 0.25) is 10.0 Å². The van der Waals surface area contributed by atoms with Crippen LogP contribution in [0.5, 0.6) is 0 Å². The predicted molar refractivity (Wildman–Crippen MR) is 78.6 cm³/mol. The Bertz CT molecular complexity index is 571. The van der Waals surface area contributed by atoms with Gasteiger partial charge in [0.05, 0.1) is 33.9 Å². The quantitative estimate of drug-likeness (QED) is 0.843. The molecule has 21 heavy (non-hydrogen) atoms. The summed E-state index contributed by atoms with van der Waals surface area (Å²) in [5.41, 5.74) is 0.595. The lowest BCUT2D eigenvalue weighted by Gasteiger charge is -2.31. The van der Waals surface area contributed by atoms with Gasteiger partial charge in [0, 0.05) is 13.1 Å². The Labute approximate surface area is 132 Å². The molecule has 0 spiro atoms. The van der Waals surface area contributed by atoms with Crippen molar-refractivity contribution in [3.63, 3.8) is 0 Å².